The van der Waals surface area contributed by atoms with E-state index in [2.05, 4.69) is 10.4 Å². The van der Waals surface area contributed by atoms with Crippen molar-refractivity contribution in [1.82, 2.24) is 9.78 Å². The Morgan fingerprint density at radius 1 is 1.32 bits per heavy atom. The summed E-state index contributed by atoms with van der Waals surface area (Å²) in [6.07, 6.45) is -0.845. The number of nitrogens with zero attached hydrogens (tertiary/aromatic N) is 2. The summed E-state index contributed by atoms with van der Waals surface area (Å²) in [5, 5.41) is 7.03. The molecule has 0 amide bonds. The molecule has 0 radical (unpaired) electrons. The topological polar surface area (TPSA) is 29.9 Å². The third-order valence-electron chi connectivity index (χ3n) is 2.78. The summed E-state index contributed by atoms with van der Waals surface area (Å²) in [6.45, 7) is 2.89. The fourth-order valence-electron chi connectivity index (χ4n) is 1.73. The minimum absolute atomic E-state index is 0.502. The lowest BCUT2D eigenvalue weighted by Crippen LogP contribution is -2.12. The molecule has 0 spiro atoms. The Labute approximate surface area is 109 Å². The van der Waals surface area contributed by atoms with Crippen LogP contribution in [0.15, 0.2) is 36.7 Å². The lowest BCUT2D eigenvalue weighted by atomic mass is 10.1. The second kappa shape index (κ2) is 5.34. The molecule has 0 aliphatic rings. The number of anilines is 1. The fraction of sp³-hybridized carbons (Fsp3) is 0.308. The molecule has 2 rings (SSSR count). The summed E-state index contributed by atoms with van der Waals surface area (Å²) in [5.74, 6) is 0. The molecule has 0 aliphatic carbocycles. The van der Waals surface area contributed by atoms with Crippen molar-refractivity contribution < 1.29 is 13.2 Å². The maximum Gasteiger partial charge on any atom is 0.416 e. The van der Waals surface area contributed by atoms with Crippen LogP contribution in [0.3, 0.4) is 0 Å². The summed E-state index contributed by atoms with van der Waals surface area (Å²) < 4.78 is 39.5. The predicted molar refractivity (Wildman–Crippen MR) is 66.9 cm³/mol. The minimum atomic E-state index is -4.31. The molecule has 1 heterocycles. The minimum Gasteiger partial charge on any atom is -0.383 e. The van der Waals surface area contributed by atoms with Gasteiger partial charge in [-0.15, -0.1) is 0 Å². The van der Waals surface area contributed by atoms with Crippen LogP contribution in [0.2, 0.25) is 0 Å². The molecule has 1 aromatic carbocycles. The van der Waals surface area contributed by atoms with Crippen molar-refractivity contribution in [2.24, 2.45) is 0 Å². The van der Waals surface area contributed by atoms with Gasteiger partial charge in [0.15, 0.2) is 0 Å². The Kier molecular flexibility index (Phi) is 3.78. The molecule has 102 valence electrons. The van der Waals surface area contributed by atoms with E-state index < -0.39 is 11.7 Å². The van der Waals surface area contributed by atoms with Gasteiger partial charge in [0.1, 0.15) is 0 Å². The average molecular weight is 269 g/mol. The number of hydrogen-bond acceptors (Lipinski definition) is 2. The van der Waals surface area contributed by atoms with E-state index in [-0.39, 0.29) is 0 Å². The zero-order valence-corrected chi connectivity index (χ0v) is 10.4. The quantitative estimate of drug-likeness (QED) is 0.922. The highest BCUT2D eigenvalue weighted by Crippen LogP contribution is 2.31. The predicted octanol–water partition coefficient (Wildman–Crippen LogP) is 3.32. The first-order valence-corrected chi connectivity index (χ1v) is 5.86. The Morgan fingerprint density at radius 2 is 2.11 bits per heavy atom. The Balaban J connectivity index is 2.03. The first-order chi connectivity index (χ1) is 8.97. The molecule has 0 aliphatic heterocycles. The summed E-state index contributed by atoms with van der Waals surface area (Å²) in [4.78, 5) is 0. The Morgan fingerprint density at radius 3 is 2.74 bits per heavy atom. The van der Waals surface area contributed by atoms with Gasteiger partial charge in [0, 0.05) is 24.6 Å². The standard InChI is InChI=1S/C13H14F3N3/c1-10-3-4-11(13(14,15)16)9-12(10)17-6-8-19-7-2-5-18-19/h2-5,7,9,17H,6,8H2,1H3. The number of rotatable bonds is 4. The van der Waals surface area contributed by atoms with Crippen molar-refractivity contribution in [3.05, 3.63) is 47.8 Å². The number of alkyl halides is 3. The van der Waals surface area contributed by atoms with Crippen molar-refractivity contribution in [1.29, 1.82) is 0 Å². The van der Waals surface area contributed by atoms with Crippen LogP contribution in [0.4, 0.5) is 18.9 Å². The largest absolute Gasteiger partial charge is 0.416 e. The zero-order chi connectivity index (χ0) is 13.9. The van der Waals surface area contributed by atoms with Crippen LogP contribution < -0.4 is 5.32 Å². The van der Waals surface area contributed by atoms with Crippen LogP contribution in [0.1, 0.15) is 11.1 Å². The summed E-state index contributed by atoms with van der Waals surface area (Å²) in [5.41, 5.74) is 0.648. The van der Waals surface area contributed by atoms with Gasteiger partial charge in [-0.2, -0.15) is 18.3 Å². The van der Waals surface area contributed by atoms with Crippen molar-refractivity contribution >= 4 is 5.69 Å². The molecule has 2 aromatic rings. The number of nitrogens with one attached hydrogen (secondary N) is 1. The molecular weight excluding hydrogens is 255 g/mol. The monoisotopic (exact) mass is 269 g/mol. The molecule has 19 heavy (non-hydrogen) atoms. The molecule has 0 fully saturated rings. The SMILES string of the molecule is Cc1ccc(C(F)(F)F)cc1NCCn1cccn1. The summed E-state index contributed by atoms with van der Waals surface area (Å²) in [7, 11) is 0. The summed E-state index contributed by atoms with van der Waals surface area (Å²) >= 11 is 0. The Hall–Kier alpha value is -1.98. The maximum absolute atomic E-state index is 12.6. The average Bonchev–Trinajstić information content (AvgIpc) is 2.83. The van der Waals surface area contributed by atoms with E-state index in [1.54, 1.807) is 30.1 Å². The maximum atomic E-state index is 12.6. The van der Waals surface area contributed by atoms with Crippen LogP contribution in [-0.2, 0) is 12.7 Å². The van der Waals surface area contributed by atoms with Crippen LogP contribution in [0, 0.1) is 6.92 Å². The molecule has 0 bridgehead atoms. The van der Waals surface area contributed by atoms with Crippen molar-refractivity contribution in [3.63, 3.8) is 0 Å². The van der Waals surface area contributed by atoms with Gasteiger partial charge in [0.25, 0.3) is 0 Å². The van der Waals surface area contributed by atoms with Gasteiger partial charge in [-0.3, -0.25) is 4.68 Å². The van der Waals surface area contributed by atoms with E-state index in [1.165, 1.54) is 6.07 Å². The van der Waals surface area contributed by atoms with Gasteiger partial charge >= 0.3 is 6.18 Å². The zero-order valence-electron chi connectivity index (χ0n) is 10.4. The molecule has 3 nitrogen and oxygen atoms in total. The van der Waals surface area contributed by atoms with Crippen LogP contribution >= 0.6 is 0 Å². The van der Waals surface area contributed by atoms with Crippen molar-refractivity contribution in [3.8, 4) is 0 Å². The van der Waals surface area contributed by atoms with Gasteiger partial charge < -0.3 is 5.32 Å². The number of aryl methyl sites for hydroxylation is 1. The van der Waals surface area contributed by atoms with Crippen molar-refractivity contribution in [2.75, 3.05) is 11.9 Å². The highest BCUT2D eigenvalue weighted by atomic mass is 19.4. The number of hydrogen-bond donors (Lipinski definition) is 1. The van der Waals surface area contributed by atoms with Crippen molar-refractivity contribution in [2.45, 2.75) is 19.6 Å². The highest BCUT2D eigenvalue weighted by molar-refractivity contribution is 5.53. The lowest BCUT2D eigenvalue weighted by molar-refractivity contribution is -0.137. The first-order valence-electron chi connectivity index (χ1n) is 5.86. The van der Waals surface area contributed by atoms with E-state index in [0.29, 0.717) is 18.8 Å². The Bertz CT molecular complexity index is 533. The van der Waals surface area contributed by atoms with Gasteiger partial charge in [-0.05, 0) is 30.7 Å². The first kappa shape index (κ1) is 13.5. The molecule has 0 saturated carbocycles. The number of benzene rings is 1. The van der Waals surface area contributed by atoms with Gasteiger partial charge in [-0.25, -0.2) is 0 Å². The second-order valence-corrected chi connectivity index (χ2v) is 4.22. The van der Waals surface area contributed by atoms with Crippen LogP contribution in [0.5, 0.6) is 0 Å². The molecule has 1 N–H and O–H groups in total. The fourth-order valence-corrected chi connectivity index (χ4v) is 1.73. The molecule has 0 unspecified atom stereocenters. The van der Waals surface area contributed by atoms with E-state index in [4.69, 9.17) is 0 Å². The smallest absolute Gasteiger partial charge is 0.383 e. The molecule has 1 aromatic heterocycles. The third kappa shape index (κ3) is 3.49. The van der Waals surface area contributed by atoms with Gasteiger partial charge in [0.2, 0.25) is 0 Å². The van der Waals surface area contributed by atoms with Gasteiger partial charge in [-0.1, -0.05) is 6.07 Å². The lowest BCUT2D eigenvalue weighted by Gasteiger charge is -2.13. The highest BCUT2D eigenvalue weighted by Gasteiger charge is 2.30. The van der Waals surface area contributed by atoms with Crippen LogP contribution in [0.25, 0.3) is 0 Å². The van der Waals surface area contributed by atoms with E-state index in [0.717, 1.165) is 17.7 Å². The molecule has 0 saturated heterocycles. The van der Waals surface area contributed by atoms with E-state index in [9.17, 15) is 13.2 Å². The second-order valence-electron chi connectivity index (χ2n) is 4.22. The summed E-state index contributed by atoms with van der Waals surface area (Å²) in [6, 6.07) is 5.50. The van der Waals surface area contributed by atoms with Gasteiger partial charge in [0.05, 0.1) is 12.1 Å². The van der Waals surface area contributed by atoms with Crippen LogP contribution in [-0.4, -0.2) is 16.3 Å². The number of aromatic nitrogens is 2. The molecule has 0 atom stereocenters. The number of halogens is 3. The van der Waals surface area contributed by atoms with E-state index in [1.807, 2.05) is 0 Å². The molecule has 6 heteroatoms. The molecular formula is C13H14F3N3. The normalized spacial score (nSPS) is 11.6. The van der Waals surface area contributed by atoms with E-state index >= 15 is 0 Å². The third-order valence-corrected chi connectivity index (χ3v) is 2.78.